The van der Waals surface area contributed by atoms with Crippen LogP contribution in [0.1, 0.15) is 38.5 Å². The molecule has 3 saturated heterocycles. The quantitative estimate of drug-likeness (QED) is 0.232. The monoisotopic (exact) mass is 345 g/mol. The van der Waals surface area contributed by atoms with Crippen molar-refractivity contribution in [1.29, 1.82) is 0 Å². The molecule has 130 valence electrons. The fraction of sp³-hybridized carbons (Fsp3) is 1.00. The Balaban J connectivity index is 1.70. The number of nitrogens with zero attached hydrogens (tertiary/aromatic N) is 3. The number of ether oxygens (including phenoxy) is 3. The molecule has 23 heavy (non-hydrogen) atoms. The normalized spacial score (nSPS) is 31.0. The van der Waals surface area contributed by atoms with Crippen molar-refractivity contribution in [3.63, 3.8) is 0 Å². The first-order chi connectivity index (χ1) is 11.0. The first kappa shape index (κ1) is 17.0. The maximum absolute atomic E-state index is 12.1. The standard InChI is InChI=1S/C14H23N3O5S/c15-16-17-23(18,19)10-14(4-1-11-7-20-11,5-2-12-8-21-12)6-3-13-9-22-13/h11-13H,1-10H2. The molecule has 0 N–H and O–H groups in total. The second-order valence-corrected chi connectivity index (χ2v) is 8.50. The Bertz CT molecular complexity index is 522. The summed E-state index contributed by atoms with van der Waals surface area (Å²) in [7, 11) is -3.79. The van der Waals surface area contributed by atoms with Crippen molar-refractivity contribution in [3.8, 4) is 0 Å². The summed E-state index contributed by atoms with van der Waals surface area (Å²) < 4.78 is 43.1. The van der Waals surface area contributed by atoms with Crippen molar-refractivity contribution in [2.24, 2.45) is 9.93 Å². The number of sulfonamides is 1. The summed E-state index contributed by atoms with van der Waals surface area (Å²) in [5.41, 5.74) is 8.11. The van der Waals surface area contributed by atoms with Crippen LogP contribution in [-0.2, 0) is 24.2 Å². The van der Waals surface area contributed by atoms with Crippen molar-refractivity contribution < 1.29 is 22.6 Å². The van der Waals surface area contributed by atoms with Crippen LogP contribution in [0.5, 0.6) is 0 Å². The SMILES string of the molecule is [N-]=[N+]=NS(=O)(=O)CC(CCC1CO1)(CCC1CO1)CCC1CO1. The van der Waals surface area contributed by atoms with E-state index in [9.17, 15) is 8.42 Å². The lowest BCUT2D eigenvalue weighted by molar-refractivity contribution is 0.205. The number of epoxide rings is 3. The van der Waals surface area contributed by atoms with Gasteiger partial charge in [0.15, 0.2) is 0 Å². The molecule has 0 aliphatic carbocycles. The zero-order valence-corrected chi connectivity index (χ0v) is 13.9. The van der Waals surface area contributed by atoms with Gasteiger partial charge in [0, 0.05) is 9.43 Å². The van der Waals surface area contributed by atoms with Gasteiger partial charge in [-0.25, -0.2) is 8.42 Å². The molecular weight excluding hydrogens is 322 g/mol. The van der Waals surface area contributed by atoms with Gasteiger partial charge >= 0.3 is 0 Å². The molecule has 3 rings (SSSR count). The van der Waals surface area contributed by atoms with E-state index < -0.39 is 15.4 Å². The third kappa shape index (κ3) is 5.93. The molecule has 8 nitrogen and oxygen atoms in total. The smallest absolute Gasteiger partial charge is 0.236 e. The molecule has 0 aromatic heterocycles. The van der Waals surface area contributed by atoms with Gasteiger partial charge in [-0.3, -0.25) is 0 Å². The van der Waals surface area contributed by atoms with Gasteiger partial charge in [-0.2, -0.15) is 0 Å². The summed E-state index contributed by atoms with van der Waals surface area (Å²) in [4.78, 5) is 2.48. The van der Waals surface area contributed by atoms with Crippen LogP contribution in [-0.4, -0.2) is 52.3 Å². The lowest BCUT2D eigenvalue weighted by atomic mass is 9.76. The number of rotatable bonds is 12. The van der Waals surface area contributed by atoms with Gasteiger partial charge in [-0.05, 0) is 49.5 Å². The molecule has 3 unspecified atom stereocenters. The maximum Gasteiger partial charge on any atom is 0.236 e. The van der Waals surface area contributed by atoms with E-state index in [1.54, 1.807) is 0 Å². The Hall–Kier alpha value is -0.860. The van der Waals surface area contributed by atoms with E-state index in [0.717, 1.165) is 58.3 Å². The predicted molar refractivity (Wildman–Crippen MR) is 82.3 cm³/mol. The highest BCUT2D eigenvalue weighted by Crippen LogP contribution is 2.41. The van der Waals surface area contributed by atoms with Crippen molar-refractivity contribution in [2.45, 2.75) is 56.8 Å². The zero-order chi connectivity index (χ0) is 16.3. The number of azide groups is 1. The summed E-state index contributed by atoms with van der Waals surface area (Å²) >= 11 is 0. The minimum absolute atomic E-state index is 0.101. The second kappa shape index (κ2) is 6.94. The van der Waals surface area contributed by atoms with Gasteiger partial charge < -0.3 is 14.2 Å². The van der Waals surface area contributed by atoms with Crippen LogP contribution in [0.25, 0.3) is 10.4 Å². The molecule has 0 bridgehead atoms. The molecule has 0 aromatic rings. The lowest BCUT2D eigenvalue weighted by Crippen LogP contribution is -2.31. The second-order valence-electron chi connectivity index (χ2n) is 6.88. The first-order valence-electron chi connectivity index (χ1n) is 8.14. The van der Waals surface area contributed by atoms with Gasteiger partial charge in [-0.15, -0.1) is 0 Å². The minimum Gasteiger partial charge on any atom is -0.373 e. The number of hydrogen-bond donors (Lipinski definition) is 0. The van der Waals surface area contributed by atoms with Crippen LogP contribution >= 0.6 is 0 Å². The van der Waals surface area contributed by atoms with E-state index in [1.165, 1.54) is 0 Å². The zero-order valence-electron chi connectivity index (χ0n) is 13.1. The Morgan fingerprint density at radius 1 is 0.957 bits per heavy atom. The average Bonchev–Trinajstić information content (AvgIpc) is 3.38. The third-order valence-corrected chi connectivity index (χ3v) is 6.15. The van der Waals surface area contributed by atoms with Crippen LogP contribution < -0.4 is 0 Å². The van der Waals surface area contributed by atoms with Crippen LogP contribution in [0.3, 0.4) is 0 Å². The Morgan fingerprint density at radius 3 is 1.65 bits per heavy atom. The Kier molecular flexibility index (Phi) is 5.13. The molecule has 0 spiro atoms. The molecule has 9 heteroatoms. The molecule has 0 saturated carbocycles. The fourth-order valence-corrected chi connectivity index (χ4v) is 4.54. The largest absolute Gasteiger partial charge is 0.373 e. The van der Waals surface area contributed by atoms with Crippen molar-refractivity contribution in [2.75, 3.05) is 25.6 Å². The molecule has 3 aliphatic heterocycles. The molecule has 3 atom stereocenters. The van der Waals surface area contributed by atoms with E-state index in [0.29, 0.717) is 0 Å². The van der Waals surface area contributed by atoms with Crippen molar-refractivity contribution in [1.82, 2.24) is 0 Å². The molecule has 0 aromatic carbocycles. The summed E-state index contributed by atoms with van der Waals surface area (Å²) in [6.45, 7) is 2.28. The van der Waals surface area contributed by atoms with E-state index in [-0.39, 0.29) is 24.1 Å². The Morgan fingerprint density at radius 2 is 1.35 bits per heavy atom. The van der Waals surface area contributed by atoms with Crippen LogP contribution in [0.4, 0.5) is 0 Å². The summed E-state index contributed by atoms with van der Waals surface area (Å²) in [5, 5.41) is 0. The van der Waals surface area contributed by atoms with Crippen LogP contribution in [0.2, 0.25) is 0 Å². The topological polar surface area (TPSA) is 120 Å². The van der Waals surface area contributed by atoms with Crippen molar-refractivity contribution in [3.05, 3.63) is 10.4 Å². The predicted octanol–water partition coefficient (Wildman–Crippen LogP) is 2.15. The van der Waals surface area contributed by atoms with Gasteiger partial charge in [0.1, 0.15) is 0 Å². The molecule has 0 amide bonds. The van der Waals surface area contributed by atoms with Gasteiger partial charge in [0.05, 0.1) is 43.9 Å². The Labute approximate surface area is 136 Å². The summed E-state index contributed by atoms with van der Waals surface area (Å²) in [6.07, 6.45) is 5.60. The molecule has 3 fully saturated rings. The minimum atomic E-state index is -3.79. The molecule has 3 aliphatic rings. The molecular formula is C14H23N3O5S. The maximum atomic E-state index is 12.1. The molecule has 3 heterocycles. The van der Waals surface area contributed by atoms with Gasteiger partial charge in [-0.1, -0.05) is 0 Å². The highest BCUT2D eigenvalue weighted by Gasteiger charge is 2.40. The van der Waals surface area contributed by atoms with Crippen molar-refractivity contribution >= 4 is 10.0 Å². The highest BCUT2D eigenvalue weighted by molar-refractivity contribution is 7.90. The summed E-state index contributed by atoms with van der Waals surface area (Å²) in [6, 6.07) is 0. The van der Waals surface area contributed by atoms with E-state index >= 15 is 0 Å². The third-order valence-electron chi connectivity index (χ3n) is 4.85. The van der Waals surface area contributed by atoms with Crippen LogP contribution in [0, 0.1) is 5.41 Å². The highest BCUT2D eigenvalue weighted by atomic mass is 32.2. The van der Waals surface area contributed by atoms with Gasteiger partial charge in [0.25, 0.3) is 0 Å². The lowest BCUT2D eigenvalue weighted by Gasteiger charge is -2.33. The first-order valence-corrected chi connectivity index (χ1v) is 9.75. The van der Waals surface area contributed by atoms with Crippen LogP contribution in [0.15, 0.2) is 4.52 Å². The average molecular weight is 345 g/mol. The van der Waals surface area contributed by atoms with Gasteiger partial charge in [0.2, 0.25) is 10.0 Å². The fourth-order valence-electron chi connectivity index (χ4n) is 3.17. The van der Waals surface area contributed by atoms with E-state index in [2.05, 4.69) is 9.43 Å². The summed E-state index contributed by atoms with van der Waals surface area (Å²) in [5.74, 6) is -0.101. The molecule has 0 radical (unpaired) electrons. The van der Waals surface area contributed by atoms with E-state index in [1.807, 2.05) is 0 Å². The number of hydrogen-bond acceptors (Lipinski definition) is 5. The van der Waals surface area contributed by atoms with E-state index in [4.69, 9.17) is 19.7 Å².